The Labute approximate surface area is 81.8 Å². The minimum Gasteiger partial charge on any atom is -0.370 e. The summed E-state index contributed by atoms with van der Waals surface area (Å²) in [7, 11) is 0. The fourth-order valence-electron chi connectivity index (χ4n) is 1.37. The van der Waals surface area contributed by atoms with Crippen LogP contribution in [0.1, 0.15) is 6.92 Å². The monoisotopic (exact) mass is 190 g/mol. The van der Waals surface area contributed by atoms with Crippen LogP contribution in [0.5, 0.6) is 0 Å². The third kappa shape index (κ3) is 1.66. The summed E-state index contributed by atoms with van der Waals surface area (Å²) in [6.45, 7) is 2.81. The maximum atomic E-state index is 12.9. The molecule has 0 spiro atoms. The van der Waals surface area contributed by atoms with E-state index in [1.54, 1.807) is 6.07 Å². The molecule has 0 aliphatic carbocycles. The van der Waals surface area contributed by atoms with E-state index in [2.05, 4.69) is 10.3 Å². The molecule has 0 radical (unpaired) electrons. The van der Waals surface area contributed by atoms with Crippen molar-refractivity contribution in [2.24, 2.45) is 0 Å². The van der Waals surface area contributed by atoms with Crippen molar-refractivity contribution in [1.29, 1.82) is 0 Å². The first-order chi connectivity index (χ1) is 6.79. The van der Waals surface area contributed by atoms with Crippen molar-refractivity contribution in [3.05, 3.63) is 36.1 Å². The van der Waals surface area contributed by atoms with Crippen molar-refractivity contribution >= 4 is 16.7 Å². The predicted molar refractivity (Wildman–Crippen MR) is 55.9 cm³/mol. The Morgan fingerprint density at radius 2 is 2.07 bits per heavy atom. The Bertz CT molecular complexity index is 454. The van der Waals surface area contributed by atoms with Crippen LogP contribution in [0, 0.1) is 5.82 Å². The van der Waals surface area contributed by atoms with Crippen LogP contribution in [-0.4, -0.2) is 11.5 Å². The third-order valence-electron chi connectivity index (χ3n) is 2.01. The van der Waals surface area contributed by atoms with E-state index >= 15 is 0 Å². The molecular formula is C11H11FN2. The zero-order chi connectivity index (χ0) is 9.97. The molecule has 72 valence electrons. The standard InChI is InChI=1S/C11H11FN2/c1-2-13-11-6-4-8-3-5-9(12)7-10(8)14-11/h3-7H,2H2,1H3,(H,13,14). The second-order valence-corrected chi connectivity index (χ2v) is 3.06. The molecule has 1 aromatic heterocycles. The fraction of sp³-hybridized carbons (Fsp3) is 0.182. The third-order valence-corrected chi connectivity index (χ3v) is 2.01. The molecule has 2 nitrogen and oxygen atoms in total. The number of hydrogen-bond acceptors (Lipinski definition) is 2. The molecule has 14 heavy (non-hydrogen) atoms. The van der Waals surface area contributed by atoms with Gasteiger partial charge in [-0.2, -0.15) is 0 Å². The van der Waals surface area contributed by atoms with Gasteiger partial charge in [-0.25, -0.2) is 9.37 Å². The van der Waals surface area contributed by atoms with Gasteiger partial charge in [0, 0.05) is 18.0 Å². The molecule has 2 rings (SSSR count). The van der Waals surface area contributed by atoms with E-state index < -0.39 is 0 Å². The molecule has 0 unspecified atom stereocenters. The number of hydrogen-bond donors (Lipinski definition) is 1. The van der Waals surface area contributed by atoms with Gasteiger partial charge in [0.1, 0.15) is 11.6 Å². The first kappa shape index (κ1) is 8.94. The van der Waals surface area contributed by atoms with Crippen molar-refractivity contribution in [1.82, 2.24) is 4.98 Å². The Morgan fingerprint density at radius 3 is 2.86 bits per heavy atom. The first-order valence-corrected chi connectivity index (χ1v) is 4.60. The molecule has 0 aliphatic rings. The smallest absolute Gasteiger partial charge is 0.126 e. The number of benzene rings is 1. The van der Waals surface area contributed by atoms with Crippen LogP contribution in [-0.2, 0) is 0 Å². The van der Waals surface area contributed by atoms with Gasteiger partial charge in [0.25, 0.3) is 0 Å². The summed E-state index contributed by atoms with van der Waals surface area (Å²) in [6, 6.07) is 8.43. The lowest BCUT2D eigenvalue weighted by molar-refractivity contribution is 0.629. The Balaban J connectivity index is 2.52. The van der Waals surface area contributed by atoms with Crippen molar-refractivity contribution in [3.8, 4) is 0 Å². The van der Waals surface area contributed by atoms with Gasteiger partial charge in [0.15, 0.2) is 0 Å². The Hall–Kier alpha value is -1.64. The number of anilines is 1. The van der Waals surface area contributed by atoms with Crippen molar-refractivity contribution < 1.29 is 4.39 Å². The molecule has 1 heterocycles. The summed E-state index contributed by atoms with van der Waals surface area (Å²) in [4.78, 5) is 4.27. The Morgan fingerprint density at radius 1 is 1.29 bits per heavy atom. The highest BCUT2D eigenvalue weighted by molar-refractivity contribution is 5.80. The van der Waals surface area contributed by atoms with Gasteiger partial charge in [-0.1, -0.05) is 0 Å². The molecule has 0 fully saturated rings. The molecule has 0 saturated carbocycles. The second kappa shape index (κ2) is 3.62. The van der Waals surface area contributed by atoms with Crippen LogP contribution in [0.15, 0.2) is 30.3 Å². The molecule has 2 aromatic rings. The zero-order valence-electron chi connectivity index (χ0n) is 7.92. The number of nitrogens with zero attached hydrogens (tertiary/aromatic N) is 1. The van der Waals surface area contributed by atoms with E-state index in [0.717, 1.165) is 17.7 Å². The number of pyridine rings is 1. The quantitative estimate of drug-likeness (QED) is 0.787. The minimum absolute atomic E-state index is 0.251. The van der Waals surface area contributed by atoms with Gasteiger partial charge >= 0.3 is 0 Å². The summed E-state index contributed by atoms with van der Waals surface area (Å²) in [5.41, 5.74) is 0.684. The summed E-state index contributed by atoms with van der Waals surface area (Å²) in [5, 5.41) is 4.04. The van der Waals surface area contributed by atoms with E-state index in [9.17, 15) is 4.39 Å². The van der Waals surface area contributed by atoms with Crippen LogP contribution < -0.4 is 5.32 Å². The number of aromatic nitrogens is 1. The SMILES string of the molecule is CCNc1ccc2ccc(F)cc2n1. The maximum Gasteiger partial charge on any atom is 0.126 e. The molecule has 0 aliphatic heterocycles. The number of halogens is 1. The van der Waals surface area contributed by atoms with Gasteiger partial charge in [-0.3, -0.25) is 0 Å². The highest BCUT2D eigenvalue weighted by Crippen LogP contribution is 2.15. The molecule has 0 amide bonds. The largest absolute Gasteiger partial charge is 0.370 e. The molecule has 1 N–H and O–H groups in total. The number of rotatable bonds is 2. The van der Waals surface area contributed by atoms with E-state index in [1.807, 2.05) is 19.1 Å². The predicted octanol–water partition coefficient (Wildman–Crippen LogP) is 2.81. The highest BCUT2D eigenvalue weighted by atomic mass is 19.1. The second-order valence-electron chi connectivity index (χ2n) is 3.06. The average molecular weight is 190 g/mol. The first-order valence-electron chi connectivity index (χ1n) is 4.60. The minimum atomic E-state index is -0.251. The summed E-state index contributed by atoms with van der Waals surface area (Å²) in [5.74, 6) is 0.532. The molecule has 0 bridgehead atoms. The molecule has 0 atom stereocenters. The van der Waals surface area contributed by atoms with Gasteiger partial charge in [0.2, 0.25) is 0 Å². The summed E-state index contributed by atoms with van der Waals surface area (Å²) < 4.78 is 12.9. The van der Waals surface area contributed by atoms with Crippen molar-refractivity contribution in [2.45, 2.75) is 6.92 Å². The van der Waals surface area contributed by atoms with Crippen LogP contribution in [0.3, 0.4) is 0 Å². The van der Waals surface area contributed by atoms with Crippen LogP contribution >= 0.6 is 0 Å². The lowest BCUT2D eigenvalue weighted by atomic mass is 10.2. The van der Waals surface area contributed by atoms with E-state index in [4.69, 9.17) is 0 Å². The zero-order valence-corrected chi connectivity index (χ0v) is 7.92. The van der Waals surface area contributed by atoms with Crippen LogP contribution in [0.2, 0.25) is 0 Å². The normalized spacial score (nSPS) is 10.4. The van der Waals surface area contributed by atoms with Gasteiger partial charge in [-0.15, -0.1) is 0 Å². The Kier molecular flexibility index (Phi) is 2.31. The molecular weight excluding hydrogens is 179 g/mol. The van der Waals surface area contributed by atoms with Gasteiger partial charge in [-0.05, 0) is 31.2 Å². The lowest BCUT2D eigenvalue weighted by Crippen LogP contribution is -1.98. The lowest BCUT2D eigenvalue weighted by Gasteiger charge is -2.03. The maximum absolute atomic E-state index is 12.9. The average Bonchev–Trinajstić information content (AvgIpc) is 2.17. The van der Waals surface area contributed by atoms with Gasteiger partial charge in [0.05, 0.1) is 5.52 Å². The van der Waals surface area contributed by atoms with Crippen molar-refractivity contribution in [3.63, 3.8) is 0 Å². The van der Waals surface area contributed by atoms with Gasteiger partial charge < -0.3 is 5.32 Å². The summed E-state index contributed by atoms with van der Waals surface area (Å²) in [6.07, 6.45) is 0. The molecule has 3 heteroatoms. The number of nitrogens with one attached hydrogen (secondary N) is 1. The highest BCUT2D eigenvalue weighted by Gasteiger charge is 1.98. The summed E-state index contributed by atoms with van der Waals surface area (Å²) >= 11 is 0. The van der Waals surface area contributed by atoms with E-state index in [0.29, 0.717) is 5.52 Å². The molecule has 1 aromatic carbocycles. The van der Waals surface area contributed by atoms with Crippen LogP contribution in [0.4, 0.5) is 10.2 Å². The fourth-order valence-corrected chi connectivity index (χ4v) is 1.37. The van der Waals surface area contributed by atoms with Crippen LogP contribution in [0.25, 0.3) is 10.9 Å². The number of fused-ring (bicyclic) bond motifs is 1. The van der Waals surface area contributed by atoms with E-state index in [1.165, 1.54) is 12.1 Å². The van der Waals surface area contributed by atoms with E-state index in [-0.39, 0.29) is 5.82 Å². The van der Waals surface area contributed by atoms with Crippen molar-refractivity contribution in [2.75, 3.05) is 11.9 Å². The molecule has 0 saturated heterocycles. The topological polar surface area (TPSA) is 24.9 Å².